The number of carbonyl (C=O) groups excluding carboxylic acids is 1. The minimum absolute atomic E-state index is 0.0592. The smallest absolute Gasteiger partial charge is 0.237 e. The predicted molar refractivity (Wildman–Crippen MR) is 86.1 cm³/mol. The van der Waals surface area contributed by atoms with E-state index in [-0.39, 0.29) is 18.1 Å². The first-order valence-corrected chi connectivity index (χ1v) is 7.93. The van der Waals surface area contributed by atoms with Crippen LogP contribution >= 0.6 is 0 Å². The Balaban J connectivity index is 2.30. The third-order valence-corrected chi connectivity index (χ3v) is 4.24. The van der Waals surface area contributed by atoms with Gasteiger partial charge >= 0.3 is 0 Å². The Kier molecular flexibility index (Phi) is 7.93. The number of rotatable bonds is 8. The zero-order valence-electron chi connectivity index (χ0n) is 13.7. The van der Waals surface area contributed by atoms with Crippen LogP contribution in [0.3, 0.4) is 0 Å². The molecule has 2 N–H and O–H groups in total. The normalized spacial score (nSPS) is 20.2. The molecular weight excluding hydrogens is 266 g/mol. The minimum atomic E-state index is -0.252. The van der Waals surface area contributed by atoms with Crippen molar-refractivity contribution in [2.24, 2.45) is 5.92 Å². The molecule has 2 atom stereocenters. The zero-order chi connectivity index (χ0) is 15.8. The van der Waals surface area contributed by atoms with E-state index in [0.29, 0.717) is 12.5 Å². The molecule has 0 radical (unpaired) electrons. The third-order valence-electron chi connectivity index (χ3n) is 4.24. The molecule has 1 rings (SSSR count). The lowest BCUT2D eigenvalue weighted by atomic mass is 9.95. The van der Waals surface area contributed by atoms with Crippen molar-refractivity contribution in [2.45, 2.75) is 38.8 Å². The molecule has 0 aromatic carbocycles. The highest BCUT2D eigenvalue weighted by molar-refractivity contribution is 5.81. The van der Waals surface area contributed by atoms with Crippen LogP contribution in [-0.2, 0) is 4.79 Å². The fourth-order valence-electron chi connectivity index (χ4n) is 2.81. The molecule has 1 aliphatic heterocycles. The standard InChI is InChI=1S/C16H31N3O2/c1-5-8-17-16(21)14(3)18(4)12-15-6-9-19(10-7-15)11-13(2)20/h5,13-15,20H,1,6-12H2,2-4H3,(H,17,21). The number of hydrogen-bond acceptors (Lipinski definition) is 4. The van der Waals surface area contributed by atoms with Crippen molar-refractivity contribution < 1.29 is 9.90 Å². The topological polar surface area (TPSA) is 55.8 Å². The monoisotopic (exact) mass is 297 g/mol. The van der Waals surface area contributed by atoms with Crippen LogP contribution in [0.1, 0.15) is 26.7 Å². The number of piperidine rings is 1. The second-order valence-electron chi connectivity index (χ2n) is 6.24. The largest absolute Gasteiger partial charge is 0.392 e. The molecule has 1 aliphatic rings. The maximum Gasteiger partial charge on any atom is 0.237 e. The molecule has 2 unspecified atom stereocenters. The molecular formula is C16H31N3O2. The molecule has 122 valence electrons. The van der Waals surface area contributed by atoms with E-state index in [2.05, 4.69) is 21.7 Å². The number of β-amino-alcohol motifs (C(OH)–C–C–N with tert-alkyl or cyclic N) is 1. The van der Waals surface area contributed by atoms with E-state index in [0.717, 1.165) is 39.0 Å². The Morgan fingerprint density at radius 3 is 2.62 bits per heavy atom. The summed E-state index contributed by atoms with van der Waals surface area (Å²) in [5, 5.41) is 12.3. The van der Waals surface area contributed by atoms with Crippen LogP contribution in [0.4, 0.5) is 0 Å². The van der Waals surface area contributed by atoms with E-state index in [1.165, 1.54) is 0 Å². The number of aliphatic hydroxyl groups is 1. The summed E-state index contributed by atoms with van der Waals surface area (Å²) in [7, 11) is 2.01. The van der Waals surface area contributed by atoms with E-state index in [4.69, 9.17) is 0 Å². The SMILES string of the molecule is C=CCNC(=O)C(C)N(C)CC1CCN(CC(C)O)CC1. The number of nitrogens with one attached hydrogen (secondary N) is 1. The van der Waals surface area contributed by atoms with Gasteiger partial charge in [0, 0.05) is 19.6 Å². The third kappa shape index (κ3) is 6.59. The number of amides is 1. The molecule has 0 aromatic rings. The van der Waals surface area contributed by atoms with Crippen LogP contribution in [0.25, 0.3) is 0 Å². The Morgan fingerprint density at radius 2 is 2.10 bits per heavy atom. The molecule has 5 heteroatoms. The highest BCUT2D eigenvalue weighted by atomic mass is 16.3. The highest BCUT2D eigenvalue weighted by Crippen LogP contribution is 2.19. The van der Waals surface area contributed by atoms with Crippen LogP contribution in [0.5, 0.6) is 0 Å². The summed E-state index contributed by atoms with van der Waals surface area (Å²) >= 11 is 0. The van der Waals surface area contributed by atoms with Crippen molar-refractivity contribution >= 4 is 5.91 Å². The zero-order valence-corrected chi connectivity index (χ0v) is 13.7. The van der Waals surface area contributed by atoms with Crippen molar-refractivity contribution in [1.29, 1.82) is 0 Å². The van der Waals surface area contributed by atoms with Gasteiger partial charge in [-0.3, -0.25) is 9.69 Å². The molecule has 1 heterocycles. The van der Waals surface area contributed by atoms with E-state index >= 15 is 0 Å². The highest BCUT2D eigenvalue weighted by Gasteiger charge is 2.24. The predicted octanol–water partition coefficient (Wildman–Crippen LogP) is 0.702. The Morgan fingerprint density at radius 1 is 1.48 bits per heavy atom. The van der Waals surface area contributed by atoms with Gasteiger partial charge in [0.2, 0.25) is 5.91 Å². The number of nitrogens with zero attached hydrogens (tertiary/aromatic N) is 2. The van der Waals surface area contributed by atoms with Crippen molar-refractivity contribution in [3.8, 4) is 0 Å². The van der Waals surface area contributed by atoms with Crippen LogP contribution in [-0.4, -0.2) is 72.7 Å². The van der Waals surface area contributed by atoms with Gasteiger partial charge in [0.05, 0.1) is 12.1 Å². The van der Waals surface area contributed by atoms with Gasteiger partial charge in [-0.2, -0.15) is 0 Å². The molecule has 0 saturated carbocycles. The summed E-state index contributed by atoms with van der Waals surface area (Å²) in [6.07, 6.45) is 3.72. The van der Waals surface area contributed by atoms with Gasteiger partial charge in [0.1, 0.15) is 0 Å². The van der Waals surface area contributed by atoms with Crippen LogP contribution < -0.4 is 5.32 Å². The summed E-state index contributed by atoms with van der Waals surface area (Å²) < 4.78 is 0. The molecule has 1 amide bonds. The van der Waals surface area contributed by atoms with Gasteiger partial charge in [-0.15, -0.1) is 6.58 Å². The minimum Gasteiger partial charge on any atom is -0.392 e. The van der Waals surface area contributed by atoms with Crippen molar-refractivity contribution in [3.05, 3.63) is 12.7 Å². The quantitative estimate of drug-likeness (QED) is 0.648. The lowest BCUT2D eigenvalue weighted by Crippen LogP contribution is -2.46. The van der Waals surface area contributed by atoms with Crippen molar-refractivity contribution in [1.82, 2.24) is 15.1 Å². The molecule has 5 nitrogen and oxygen atoms in total. The fraction of sp³-hybridized carbons (Fsp3) is 0.812. The summed E-state index contributed by atoms with van der Waals surface area (Å²) in [5.74, 6) is 0.693. The van der Waals surface area contributed by atoms with Crippen molar-refractivity contribution in [3.63, 3.8) is 0 Å². The molecule has 0 spiro atoms. The van der Waals surface area contributed by atoms with E-state index in [1.807, 2.05) is 20.9 Å². The summed E-state index contributed by atoms with van der Waals surface area (Å²) in [5.41, 5.74) is 0. The first-order valence-electron chi connectivity index (χ1n) is 7.93. The van der Waals surface area contributed by atoms with E-state index in [1.54, 1.807) is 6.08 Å². The first kappa shape index (κ1) is 18.1. The molecule has 1 saturated heterocycles. The summed E-state index contributed by atoms with van der Waals surface area (Å²) in [4.78, 5) is 16.4. The van der Waals surface area contributed by atoms with Gasteiger partial charge in [-0.1, -0.05) is 6.08 Å². The number of hydrogen-bond donors (Lipinski definition) is 2. The Hall–Kier alpha value is -0.910. The second kappa shape index (κ2) is 9.18. The van der Waals surface area contributed by atoms with Gasteiger partial charge in [0.15, 0.2) is 0 Å². The maximum atomic E-state index is 11.9. The summed E-state index contributed by atoms with van der Waals surface area (Å²) in [6, 6.07) is -0.111. The Labute approximate surface area is 129 Å². The van der Waals surface area contributed by atoms with Crippen LogP contribution in [0.15, 0.2) is 12.7 Å². The summed E-state index contributed by atoms with van der Waals surface area (Å²) in [6.45, 7) is 11.7. The average molecular weight is 297 g/mol. The van der Waals surface area contributed by atoms with E-state index in [9.17, 15) is 9.90 Å². The molecule has 0 aliphatic carbocycles. The van der Waals surface area contributed by atoms with Gasteiger partial charge < -0.3 is 15.3 Å². The van der Waals surface area contributed by atoms with Gasteiger partial charge in [0.25, 0.3) is 0 Å². The number of likely N-dealkylation sites (tertiary alicyclic amines) is 1. The molecule has 21 heavy (non-hydrogen) atoms. The van der Waals surface area contributed by atoms with Crippen molar-refractivity contribution in [2.75, 3.05) is 39.8 Å². The van der Waals surface area contributed by atoms with E-state index < -0.39 is 0 Å². The molecule has 0 bridgehead atoms. The fourth-order valence-corrected chi connectivity index (χ4v) is 2.81. The van der Waals surface area contributed by atoms with Gasteiger partial charge in [-0.05, 0) is 52.7 Å². The first-order chi connectivity index (χ1) is 9.93. The lowest BCUT2D eigenvalue weighted by Gasteiger charge is -2.35. The van der Waals surface area contributed by atoms with Crippen LogP contribution in [0.2, 0.25) is 0 Å². The Bertz CT molecular complexity index is 325. The lowest BCUT2D eigenvalue weighted by molar-refractivity contribution is -0.125. The maximum absolute atomic E-state index is 11.9. The average Bonchev–Trinajstić information content (AvgIpc) is 2.45. The van der Waals surface area contributed by atoms with Gasteiger partial charge in [-0.25, -0.2) is 0 Å². The number of likely N-dealkylation sites (N-methyl/N-ethyl adjacent to an activating group) is 1. The molecule has 1 fully saturated rings. The number of aliphatic hydroxyl groups excluding tert-OH is 1. The second-order valence-corrected chi connectivity index (χ2v) is 6.24. The van der Waals surface area contributed by atoms with Crippen LogP contribution in [0, 0.1) is 5.92 Å². The molecule has 0 aromatic heterocycles. The number of carbonyl (C=O) groups is 1.